The maximum absolute atomic E-state index is 12.7. The van der Waals surface area contributed by atoms with Gasteiger partial charge in [-0.05, 0) is 30.3 Å². The number of rotatable bonds is 4. The fraction of sp³-hybridized carbons (Fsp3) is 0.0435. The highest BCUT2D eigenvalue weighted by molar-refractivity contribution is 6.22. The van der Waals surface area contributed by atoms with Crippen molar-refractivity contribution in [2.24, 2.45) is 0 Å². The highest BCUT2D eigenvalue weighted by Gasteiger charge is 2.36. The number of anilines is 1. The van der Waals surface area contributed by atoms with Gasteiger partial charge in [-0.3, -0.25) is 19.3 Å². The molecule has 0 unspecified atom stereocenters. The second-order valence-electron chi connectivity index (χ2n) is 7.08. The maximum Gasteiger partial charge on any atom is 0.262 e. The molecule has 1 aliphatic rings. The van der Waals surface area contributed by atoms with Gasteiger partial charge in [-0.1, -0.05) is 30.3 Å². The molecular formula is C23H14N6O3. The van der Waals surface area contributed by atoms with Crippen molar-refractivity contribution in [2.45, 2.75) is 0 Å². The van der Waals surface area contributed by atoms with Crippen molar-refractivity contribution in [3.8, 4) is 11.9 Å². The molecule has 3 heterocycles. The Labute approximate surface area is 181 Å². The molecule has 0 spiro atoms. The van der Waals surface area contributed by atoms with Gasteiger partial charge in [0.1, 0.15) is 18.2 Å². The van der Waals surface area contributed by atoms with Crippen LogP contribution in [0.4, 0.5) is 5.82 Å². The number of carbonyl (C=O) groups is 3. The molecule has 0 atom stereocenters. The van der Waals surface area contributed by atoms with Gasteiger partial charge in [-0.15, -0.1) is 0 Å². The van der Waals surface area contributed by atoms with Crippen LogP contribution in [0.3, 0.4) is 0 Å². The first-order valence-corrected chi connectivity index (χ1v) is 9.66. The zero-order valence-corrected chi connectivity index (χ0v) is 16.5. The molecular weight excluding hydrogens is 408 g/mol. The number of carbonyl (C=O) groups excluding carboxylic acids is 3. The Balaban J connectivity index is 1.43. The van der Waals surface area contributed by atoms with Crippen molar-refractivity contribution in [3.63, 3.8) is 0 Å². The van der Waals surface area contributed by atoms with E-state index >= 15 is 0 Å². The number of hydrogen-bond acceptors (Lipinski definition) is 6. The fourth-order valence-electron chi connectivity index (χ4n) is 3.60. The minimum Gasteiger partial charge on any atom is -0.308 e. The van der Waals surface area contributed by atoms with Crippen LogP contribution in [0.5, 0.6) is 0 Å². The Bertz CT molecular complexity index is 1430. The van der Waals surface area contributed by atoms with Gasteiger partial charge < -0.3 is 5.32 Å². The van der Waals surface area contributed by atoms with E-state index in [1.807, 2.05) is 36.4 Å². The van der Waals surface area contributed by atoms with Crippen LogP contribution >= 0.6 is 0 Å². The van der Waals surface area contributed by atoms with Gasteiger partial charge in [0.05, 0.1) is 22.8 Å². The number of nitrogens with zero attached hydrogens (tertiary/aromatic N) is 5. The van der Waals surface area contributed by atoms with Gasteiger partial charge in [0.15, 0.2) is 11.6 Å². The number of amides is 3. The zero-order chi connectivity index (χ0) is 22.2. The Hall–Kier alpha value is -4.84. The molecule has 3 amide bonds. The van der Waals surface area contributed by atoms with Crippen molar-refractivity contribution < 1.29 is 14.4 Å². The molecule has 0 aliphatic carbocycles. The van der Waals surface area contributed by atoms with Crippen LogP contribution in [0, 0.1) is 11.3 Å². The first kappa shape index (κ1) is 19.1. The van der Waals surface area contributed by atoms with Gasteiger partial charge in [0.25, 0.3) is 11.8 Å². The normalized spacial score (nSPS) is 12.7. The van der Waals surface area contributed by atoms with E-state index in [9.17, 15) is 19.6 Å². The van der Waals surface area contributed by atoms with Crippen molar-refractivity contribution >= 4 is 34.4 Å². The number of nitrogens with one attached hydrogen (secondary N) is 1. The van der Waals surface area contributed by atoms with E-state index in [0.29, 0.717) is 5.82 Å². The van der Waals surface area contributed by atoms with Crippen LogP contribution in [0.15, 0.2) is 66.9 Å². The molecule has 9 nitrogen and oxygen atoms in total. The summed E-state index contributed by atoms with van der Waals surface area (Å²) in [5.41, 5.74) is 1.36. The van der Waals surface area contributed by atoms with Crippen molar-refractivity contribution in [3.05, 3.63) is 83.6 Å². The van der Waals surface area contributed by atoms with Crippen molar-refractivity contribution in [1.82, 2.24) is 19.7 Å². The van der Waals surface area contributed by atoms with Crippen LogP contribution < -0.4 is 5.32 Å². The molecule has 0 bridgehead atoms. The summed E-state index contributed by atoms with van der Waals surface area (Å²) in [6.45, 7) is -0.493. The molecule has 0 saturated carbocycles. The number of pyridine rings is 1. The molecule has 9 heteroatoms. The Morgan fingerprint density at radius 1 is 0.969 bits per heavy atom. The average Bonchev–Trinajstić information content (AvgIpc) is 3.33. The molecule has 5 rings (SSSR count). The van der Waals surface area contributed by atoms with Crippen LogP contribution in [0.1, 0.15) is 26.3 Å². The zero-order valence-electron chi connectivity index (χ0n) is 16.5. The van der Waals surface area contributed by atoms with Crippen LogP contribution in [0.2, 0.25) is 0 Å². The van der Waals surface area contributed by atoms with E-state index in [4.69, 9.17) is 0 Å². The first-order valence-electron chi connectivity index (χ1n) is 9.66. The lowest BCUT2D eigenvalue weighted by Gasteiger charge is -2.14. The quantitative estimate of drug-likeness (QED) is 0.505. The maximum atomic E-state index is 12.7. The van der Waals surface area contributed by atoms with E-state index < -0.39 is 24.3 Å². The van der Waals surface area contributed by atoms with E-state index in [1.165, 1.54) is 10.9 Å². The summed E-state index contributed by atoms with van der Waals surface area (Å²) in [5, 5.41) is 17.2. The molecule has 0 fully saturated rings. The number of imide groups is 1. The molecule has 32 heavy (non-hydrogen) atoms. The number of nitriles is 1. The lowest BCUT2D eigenvalue weighted by Crippen LogP contribution is -2.37. The molecule has 154 valence electrons. The molecule has 0 saturated heterocycles. The molecule has 1 N–H and O–H groups in total. The molecule has 2 aromatic carbocycles. The first-order chi connectivity index (χ1) is 15.6. The van der Waals surface area contributed by atoms with E-state index in [-0.39, 0.29) is 22.5 Å². The summed E-state index contributed by atoms with van der Waals surface area (Å²) in [5.74, 6) is -1.20. The smallest absolute Gasteiger partial charge is 0.262 e. The Kier molecular flexibility index (Phi) is 4.45. The minimum atomic E-state index is -0.640. The largest absolute Gasteiger partial charge is 0.308 e. The summed E-state index contributed by atoms with van der Waals surface area (Å²) >= 11 is 0. The van der Waals surface area contributed by atoms with Crippen LogP contribution in [-0.2, 0) is 4.79 Å². The number of aromatic nitrogens is 3. The van der Waals surface area contributed by atoms with Gasteiger partial charge in [-0.25, -0.2) is 4.98 Å². The third-order valence-electron chi connectivity index (χ3n) is 5.13. The summed E-state index contributed by atoms with van der Waals surface area (Å²) in [7, 11) is 0. The van der Waals surface area contributed by atoms with Gasteiger partial charge >= 0.3 is 0 Å². The standard InChI is InChI=1S/C23H14N6O3/c24-11-15-12-25-29(19-10-9-14-5-1-4-8-18(14)26-19)21(15)27-20(30)13-28-22(31)16-6-2-3-7-17(16)23(28)32/h1-10,12H,13H2,(H,27,30). The summed E-state index contributed by atoms with van der Waals surface area (Å²) < 4.78 is 1.34. The van der Waals surface area contributed by atoms with Gasteiger partial charge in [-0.2, -0.15) is 15.0 Å². The summed E-state index contributed by atoms with van der Waals surface area (Å²) in [6.07, 6.45) is 1.31. The Morgan fingerprint density at radius 3 is 2.38 bits per heavy atom. The predicted octanol–water partition coefficient (Wildman–Crippen LogP) is 2.53. The lowest BCUT2D eigenvalue weighted by atomic mass is 10.1. The second-order valence-corrected chi connectivity index (χ2v) is 7.08. The topological polar surface area (TPSA) is 121 Å². The predicted molar refractivity (Wildman–Crippen MR) is 114 cm³/mol. The SMILES string of the molecule is N#Cc1cnn(-c2ccc3ccccc3n2)c1NC(=O)CN1C(=O)c2ccccc2C1=O. The molecule has 1 aliphatic heterocycles. The second kappa shape index (κ2) is 7.45. The number of hydrogen-bond donors (Lipinski definition) is 1. The highest BCUT2D eigenvalue weighted by Crippen LogP contribution is 2.24. The summed E-state index contributed by atoms with van der Waals surface area (Å²) in [4.78, 5) is 43.2. The van der Waals surface area contributed by atoms with Crippen LogP contribution in [0.25, 0.3) is 16.7 Å². The highest BCUT2D eigenvalue weighted by atomic mass is 16.2. The van der Waals surface area contributed by atoms with E-state index in [1.54, 1.807) is 30.3 Å². The van der Waals surface area contributed by atoms with Gasteiger partial charge in [0.2, 0.25) is 5.91 Å². The monoisotopic (exact) mass is 422 g/mol. The number of fused-ring (bicyclic) bond motifs is 2. The van der Waals surface area contributed by atoms with Crippen molar-refractivity contribution in [1.29, 1.82) is 5.26 Å². The van der Waals surface area contributed by atoms with E-state index in [2.05, 4.69) is 15.4 Å². The number of para-hydroxylation sites is 1. The van der Waals surface area contributed by atoms with Gasteiger partial charge in [0, 0.05) is 5.39 Å². The van der Waals surface area contributed by atoms with Crippen LogP contribution in [-0.4, -0.2) is 43.9 Å². The molecule has 2 aromatic heterocycles. The molecule has 0 radical (unpaired) electrons. The third-order valence-corrected chi connectivity index (χ3v) is 5.13. The summed E-state index contributed by atoms with van der Waals surface area (Å²) in [6, 6.07) is 19.5. The average molecular weight is 422 g/mol. The minimum absolute atomic E-state index is 0.108. The molecule has 4 aromatic rings. The lowest BCUT2D eigenvalue weighted by molar-refractivity contribution is -0.116. The van der Waals surface area contributed by atoms with E-state index in [0.717, 1.165) is 15.8 Å². The number of benzene rings is 2. The fourth-order valence-corrected chi connectivity index (χ4v) is 3.60. The Morgan fingerprint density at radius 2 is 1.66 bits per heavy atom. The third kappa shape index (κ3) is 3.07. The van der Waals surface area contributed by atoms with Crippen molar-refractivity contribution in [2.75, 3.05) is 11.9 Å².